The Bertz CT molecular complexity index is 329. The molecule has 1 rings (SSSR count). The molecule has 0 saturated carbocycles. The topological polar surface area (TPSA) is 62.9 Å². The van der Waals surface area contributed by atoms with Gasteiger partial charge in [-0.05, 0) is 17.7 Å². The molecule has 1 aromatic carbocycles. The lowest BCUT2D eigenvalue weighted by molar-refractivity contribution is 0.142. The summed E-state index contributed by atoms with van der Waals surface area (Å²) in [6.07, 6.45) is 0. The Morgan fingerprint density at radius 1 is 1.00 bits per heavy atom. The normalized spacial score (nSPS) is 10.1. The summed E-state index contributed by atoms with van der Waals surface area (Å²) < 4.78 is 21.0. The lowest BCUT2D eigenvalue weighted by Gasteiger charge is -2.15. The SMILES string of the molecule is COCCOc1c(OC)cc(CN)cc1OC. The molecule has 0 heterocycles. The summed E-state index contributed by atoms with van der Waals surface area (Å²) in [6.45, 7) is 1.36. The molecular formula is C12H19NO4. The molecule has 5 heteroatoms. The average Bonchev–Trinajstić information content (AvgIpc) is 2.38. The van der Waals surface area contributed by atoms with Gasteiger partial charge in [0, 0.05) is 13.7 Å². The minimum Gasteiger partial charge on any atom is -0.493 e. The monoisotopic (exact) mass is 241 g/mol. The fraction of sp³-hybridized carbons (Fsp3) is 0.500. The van der Waals surface area contributed by atoms with Crippen LogP contribution in [0.3, 0.4) is 0 Å². The van der Waals surface area contributed by atoms with E-state index in [4.69, 9.17) is 24.7 Å². The van der Waals surface area contributed by atoms with Crippen molar-refractivity contribution >= 4 is 0 Å². The predicted molar refractivity (Wildman–Crippen MR) is 64.8 cm³/mol. The molecule has 0 amide bonds. The van der Waals surface area contributed by atoms with Gasteiger partial charge in [0.25, 0.3) is 0 Å². The Morgan fingerprint density at radius 2 is 1.59 bits per heavy atom. The van der Waals surface area contributed by atoms with Gasteiger partial charge in [0.1, 0.15) is 6.61 Å². The Morgan fingerprint density at radius 3 is 2.00 bits per heavy atom. The third kappa shape index (κ3) is 3.51. The summed E-state index contributed by atoms with van der Waals surface area (Å²) in [4.78, 5) is 0. The zero-order valence-electron chi connectivity index (χ0n) is 10.5. The molecule has 0 atom stereocenters. The van der Waals surface area contributed by atoms with Gasteiger partial charge in [0.15, 0.2) is 11.5 Å². The van der Waals surface area contributed by atoms with Crippen LogP contribution in [0.1, 0.15) is 5.56 Å². The van der Waals surface area contributed by atoms with Crippen LogP contribution in [0, 0.1) is 0 Å². The minimum atomic E-state index is 0.422. The number of ether oxygens (including phenoxy) is 4. The second-order valence-electron chi connectivity index (χ2n) is 3.37. The standard InChI is InChI=1S/C12H19NO4/c1-14-4-5-17-12-10(15-2)6-9(8-13)7-11(12)16-3/h6-7H,4-5,8,13H2,1-3H3. The Hall–Kier alpha value is -1.46. The first kappa shape index (κ1) is 13.6. The minimum absolute atomic E-state index is 0.422. The summed E-state index contributed by atoms with van der Waals surface area (Å²) in [5.74, 6) is 1.80. The number of methoxy groups -OCH3 is 3. The summed E-state index contributed by atoms with van der Waals surface area (Å²) in [6, 6.07) is 3.68. The highest BCUT2D eigenvalue weighted by Gasteiger charge is 2.13. The molecule has 5 nitrogen and oxygen atoms in total. The smallest absolute Gasteiger partial charge is 0.203 e. The number of rotatable bonds is 7. The third-order valence-electron chi connectivity index (χ3n) is 2.29. The van der Waals surface area contributed by atoms with E-state index in [1.54, 1.807) is 21.3 Å². The maximum absolute atomic E-state index is 5.60. The molecule has 0 aliphatic heterocycles. The van der Waals surface area contributed by atoms with Crippen LogP contribution in [0.5, 0.6) is 17.2 Å². The number of hydrogen-bond acceptors (Lipinski definition) is 5. The molecule has 17 heavy (non-hydrogen) atoms. The first-order chi connectivity index (χ1) is 8.26. The van der Waals surface area contributed by atoms with Gasteiger partial charge in [-0.15, -0.1) is 0 Å². The highest BCUT2D eigenvalue weighted by atomic mass is 16.6. The van der Waals surface area contributed by atoms with E-state index in [-0.39, 0.29) is 0 Å². The predicted octanol–water partition coefficient (Wildman–Crippen LogP) is 1.19. The van der Waals surface area contributed by atoms with Gasteiger partial charge < -0.3 is 24.7 Å². The van der Waals surface area contributed by atoms with Crippen LogP contribution in [-0.4, -0.2) is 34.5 Å². The summed E-state index contributed by atoms with van der Waals surface area (Å²) in [7, 11) is 4.78. The summed E-state index contributed by atoms with van der Waals surface area (Å²) in [5.41, 5.74) is 6.53. The van der Waals surface area contributed by atoms with Gasteiger partial charge in [-0.3, -0.25) is 0 Å². The molecule has 0 bridgehead atoms. The van der Waals surface area contributed by atoms with E-state index in [0.29, 0.717) is 37.0 Å². The van der Waals surface area contributed by atoms with E-state index in [1.807, 2.05) is 12.1 Å². The van der Waals surface area contributed by atoms with Crippen molar-refractivity contribution in [2.75, 3.05) is 34.5 Å². The van der Waals surface area contributed by atoms with Crippen molar-refractivity contribution in [2.24, 2.45) is 5.73 Å². The molecule has 0 spiro atoms. The van der Waals surface area contributed by atoms with E-state index in [1.165, 1.54) is 0 Å². The molecule has 1 aromatic rings. The van der Waals surface area contributed by atoms with Gasteiger partial charge in [0.2, 0.25) is 5.75 Å². The van der Waals surface area contributed by atoms with E-state index >= 15 is 0 Å². The van der Waals surface area contributed by atoms with Crippen LogP contribution in [-0.2, 0) is 11.3 Å². The fourth-order valence-electron chi connectivity index (χ4n) is 1.42. The van der Waals surface area contributed by atoms with Gasteiger partial charge in [-0.1, -0.05) is 0 Å². The summed E-state index contributed by atoms with van der Waals surface area (Å²) >= 11 is 0. The van der Waals surface area contributed by atoms with Gasteiger partial charge in [0.05, 0.1) is 20.8 Å². The van der Waals surface area contributed by atoms with Crippen molar-refractivity contribution < 1.29 is 18.9 Å². The first-order valence-corrected chi connectivity index (χ1v) is 5.33. The zero-order chi connectivity index (χ0) is 12.7. The molecule has 0 aliphatic rings. The number of benzene rings is 1. The molecular weight excluding hydrogens is 222 g/mol. The molecule has 96 valence electrons. The van der Waals surface area contributed by atoms with Crippen LogP contribution in [0.15, 0.2) is 12.1 Å². The van der Waals surface area contributed by atoms with Crippen molar-refractivity contribution in [3.8, 4) is 17.2 Å². The first-order valence-electron chi connectivity index (χ1n) is 5.33. The average molecular weight is 241 g/mol. The van der Waals surface area contributed by atoms with Crippen LogP contribution in [0.25, 0.3) is 0 Å². The number of hydrogen-bond donors (Lipinski definition) is 1. The highest BCUT2D eigenvalue weighted by molar-refractivity contribution is 5.53. The molecule has 2 N–H and O–H groups in total. The largest absolute Gasteiger partial charge is 0.493 e. The molecule has 0 saturated heterocycles. The lowest BCUT2D eigenvalue weighted by Crippen LogP contribution is -2.07. The van der Waals surface area contributed by atoms with Crippen LogP contribution in [0.2, 0.25) is 0 Å². The van der Waals surface area contributed by atoms with Crippen molar-refractivity contribution in [3.63, 3.8) is 0 Å². The lowest BCUT2D eigenvalue weighted by atomic mass is 10.2. The second kappa shape index (κ2) is 6.98. The Labute approximate surface area is 101 Å². The van der Waals surface area contributed by atoms with E-state index in [0.717, 1.165) is 5.56 Å². The molecule has 0 radical (unpaired) electrons. The maximum atomic E-state index is 5.60. The van der Waals surface area contributed by atoms with Crippen molar-refractivity contribution in [3.05, 3.63) is 17.7 Å². The van der Waals surface area contributed by atoms with Crippen molar-refractivity contribution in [2.45, 2.75) is 6.54 Å². The van der Waals surface area contributed by atoms with Crippen molar-refractivity contribution in [1.82, 2.24) is 0 Å². The van der Waals surface area contributed by atoms with Gasteiger partial charge >= 0.3 is 0 Å². The third-order valence-corrected chi connectivity index (χ3v) is 2.29. The zero-order valence-corrected chi connectivity index (χ0v) is 10.5. The van der Waals surface area contributed by atoms with E-state index in [2.05, 4.69) is 0 Å². The maximum Gasteiger partial charge on any atom is 0.203 e. The van der Waals surface area contributed by atoms with Crippen LogP contribution >= 0.6 is 0 Å². The molecule has 0 aromatic heterocycles. The summed E-state index contributed by atoms with van der Waals surface area (Å²) in [5, 5.41) is 0. The van der Waals surface area contributed by atoms with E-state index < -0.39 is 0 Å². The van der Waals surface area contributed by atoms with Gasteiger partial charge in [-0.2, -0.15) is 0 Å². The van der Waals surface area contributed by atoms with Crippen molar-refractivity contribution in [1.29, 1.82) is 0 Å². The van der Waals surface area contributed by atoms with Gasteiger partial charge in [-0.25, -0.2) is 0 Å². The number of nitrogens with two attached hydrogens (primary N) is 1. The fourth-order valence-corrected chi connectivity index (χ4v) is 1.42. The van der Waals surface area contributed by atoms with Crippen LogP contribution in [0.4, 0.5) is 0 Å². The molecule has 0 aliphatic carbocycles. The molecule has 0 unspecified atom stereocenters. The molecule has 0 fully saturated rings. The Kier molecular flexibility index (Phi) is 5.59. The second-order valence-corrected chi connectivity index (χ2v) is 3.37. The Balaban J connectivity index is 2.98. The van der Waals surface area contributed by atoms with Crippen LogP contribution < -0.4 is 19.9 Å². The quantitative estimate of drug-likeness (QED) is 0.726. The highest BCUT2D eigenvalue weighted by Crippen LogP contribution is 2.38. The van der Waals surface area contributed by atoms with E-state index in [9.17, 15) is 0 Å².